The summed E-state index contributed by atoms with van der Waals surface area (Å²) in [7, 11) is 0. The molecule has 0 aromatic heterocycles. The van der Waals surface area contributed by atoms with Crippen molar-refractivity contribution in [2.24, 2.45) is 0 Å². The van der Waals surface area contributed by atoms with Gasteiger partial charge < -0.3 is 9.47 Å². The highest BCUT2D eigenvalue weighted by atomic mass is 16.5. The third kappa shape index (κ3) is 6.89. The van der Waals surface area contributed by atoms with Crippen LogP contribution in [0, 0.1) is 27.7 Å². The number of esters is 2. The third-order valence-electron chi connectivity index (χ3n) is 4.17. The smallest absolute Gasteiger partial charge is 0.338 e. The second-order valence-electron chi connectivity index (χ2n) is 7.09. The molecule has 4 heteroatoms. The average molecular weight is 368 g/mol. The van der Waals surface area contributed by atoms with Gasteiger partial charge in [0.05, 0.1) is 24.3 Å². The van der Waals surface area contributed by atoms with Gasteiger partial charge in [0.1, 0.15) is 0 Å². The van der Waals surface area contributed by atoms with Gasteiger partial charge in [-0.05, 0) is 71.2 Å². The van der Waals surface area contributed by atoms with Gasteiger partial charge in [-0.1, -0.05) is 34.4 Å². The maximum absolute atomic E-state index is 12.0. The largest absolute Gasteiger partial charge is 0.462 e. The number of benzene rings is 2. The lowest BCUT2D eigenvalue weighted by Crippen LogP contribution is -2.09. The van der Waals surface area contributed by atoms with Crippen molar-refractivity contribution in [1.29, 1.82) is 0 Å². The summed E-state index contributed by atoms with van der Waals surface area (Å²) in [6, 6.07) is 11.4. The highest BCUT2D eigenvalue weighted by Gasteiger charge is 2.09. The van der Waals surface area contributed by atoms with Crippen molar-refractivity contribution in [2.45, 2.75) is 47.0 Å². The van der Waals surface area contributed by atoms with E-state index in [0.29, 0.717) is 24.3 Å². The first-order valence-corrected chi connectivity index (χ1v) is 9.36. The first kappa shape index (κ1) is 20.7. The molecule has 0 amide bonds. The van der Waals surface area contributed by atoms with Crippen LogP contribution in [0.4, 0.5) is 0 Å². The molecule has 0 aliphatic rings. The molecule has 4 nitrogen and oxygen atoms in total. The lowest BCUT2D eigenvalue weighted by Gasteiger charge is -2.08. The Morgan fingerprint density at radius 3 is 1.26 bits per heavy atom. The Bertz CT molecular complexity index is 700. The summed E-state index contributed by atoms with van der Waals surface area (Å²) in [6.45, 7) is 8.59. The van der Waals surface area contributed by atoms with Gasteiger partial charge >= 0.3 is 11.9 Å². The predicted molar refractivity (Wildman–Crippen MR) is 106 cm³/mol. The first-order valence-electron chi connectivity index (χ1n) is 9.36. The van der Waals surface area contributed by atoms with Crippen molar-refractivity contribution in [2.75, 3.05) is 13.2 Å². The van der Waals surface area contributed by atoms with Crippen LogP contribution in [0.5, 0.6) is 0 Å². The van der Waals surface area contributed by atoms with Gasteiger partial charge in [0.2, 0.25) is 0 Å². The van der Waals surface area contributed by atoms with E-state index in [9.17, 15) is 9.59 Å². The van der Waals surface area contributed by atoms with Gasteiger partial charge in [-0.25, -0.2) is 9.59 Å². The van der Waals surface area contributed by atoms with E-state index in [2.05, 4.69) is 0 Å². The zero-order chi connectivity index (χ0) is 19.8. The van der Waals surface area contributed by atoms with Crippen LogP contribution in [0.3, 0.4) is 0 Å². The minimum atomic E-state index is -0.289. The number of ether oxygens (including phenoxy) is 2. The second kappa shape index (κ2) is 9.91. The first-order chi connectivity index (χ1) is 12.8. The third-order valence-corrected chi connectivity index (χ3v) is 4.17. The Balaban J connectivity index is 1.63. The molecule has 0 atom stereocenters. The van der Waals surface area contributed by atoms with E-state index in [1.54, 1.807) is 0 Å². The van der Waals surface area contributed by atoms with E-state index in [-0.39, 0.29) is 11.9 Å². The van der Waals surface area contributed by atoms with E-state index in [1.165, 1.54) is 0 Å². The summed E-state index contributed by atoms with van der Waals surface area (Å²) in [5, 5.41) is 0. The molecule has 2 rings (SSSR count). The minimum Gasteiger partial charge on any atom is -0.462 e. The molecule has 2 aromatic rings. The Morgan fingerprint density at radius 2 is 0.926 bits per heavy atom. The lowest BCUT2D eigenvalue weighted by molar-refractivity contribution is 0.0478. The van der Waals surface area contributed by atoms with Crippen LogP contribution >= 0.6 is 0 Å². The predicted octanol–water partition coefficient (Wildman–Crippen LogP) is 5.10. The molecule has 0 N–H and O–H groups in total. The van der Waals surface area contributed by atoms with Crippen LogP contribution < -0.4 is 0 Å². The van der Waals surface area contributed by atoms with Gasteiger partial charge in [-0.2, -0.15) is 0 Å². The average Bonchev–Trinajstić information content (AvgIpc) is 2.58. The zero-order valence-corrected chi connectivity index (χ0v) is 16.6. The number of hydrogen-bond acceptors (Lipinski definition) is 4. The normalized spacial score (nSPS) is 10.5. The SMILES string of the molecule is Cc1cc(C)cc(C(=O)OCCCCCOC(=O)c2cc(C)cc(C)c2)c1. The molecule has 144 valence electrons. The highest BCUT2D eigenvalue weighted by Crippen LogP contribution is 2.12. The Morgan fingerprint density at radius 1 is 0.593 bits per heavy atom. The Kier molecular flexibility index (Phi) is 7.59. The molecule has 0 saturated carbocycles. The fourth-order valence-electron chi connectivity index (χ4n) is 3.06. The summed E-state index contributed by atoms with van der Waals surface area (Å²) < 4.78 is 10.6. The van der Waals surface area contributed by atoms with E-state index < -0.39 is 0 Å². The van der Waals surface area contributed by atoms with Crippen molar-refractivity contribution in [1.82, 2.24) is 0 Å². The molecule has 0 unspecified atom stereocenters. The van der Waals surface area contributed by atoms with Crippen molar-refractivity contribution >= 4 is 11.9 Å². The van der Waals surface area contributed by atoms with Gasteiger partial charge in [0.15, 0.2) is 0 Å². The summed E-state index contributed by atoms with van der Waals surface area (Å²) in [6.07, 6.45) is 2.33. The Hall–Kier alpha value is -2.62. The van der Waals surface area contributed by atoms with Crippen molar-refractivity contribution in [3.8, 4) is 0 Å². The summed E-state index contributed by atoms with van der Waals surface area (Å²) in [5.41, 5.74) is 5.38. The van der Waals surface area contributed by atoms with E-state index in [0.717, 1.165) is 41.5 Å². The monoisotopic (exact) mass is 368 g/mol. The molecule has 0 bridgehead atoms. The van der Waals surface area contributed by atoms with E-state index in [4.69, 9.17) is 9.47 Å². The summed E-state index contributed by atoms with van der Waals surface area (Å²) in [4.78, 5) is 24.1. The number of rotatable bonds is 8. The topological polar surface area (TPSA) is 52.6 Å². The van der Waals surface area contributed by atoms with Gasteiger partial charge in [0, 0.05) is 0 Å². The van der Waals surface area contributed by atoms with E-state index in [1.807, 2.05) is 64.1 Å². The van der Waals surface area contributed by atoms with Crippen molar-refractivity contribution in [3.63, 3.8) is 0 Å². The number of hydrogen-bond donors (Lipinski definition) is 0. The van der Waals surface area contributed by atoms with Gasteiger partial charge in [-0.15, -0.1) is 0 Å². The number of carbonyl (C=O) groups is 2. The zero-order valence-electron chi connectivity index (χ0n) is 16.6. The minimum absolute atomic E-state index is 0.289. The van der Waals surface area contributed by atoms with Crippen LogP contribution in [-0.4, -0.2) is 25.2 Å². The van der Waals surface area contributed by atoms with E-state index >= 15 is 0 Å². The molecular formula is C23H28O4. The number of unbranched alkanes of at least 4 members (excludes halogenated alkanes) is 2. The molecule has 0 fully saturated rings. The molecule has 0 saturated heterocycles. The molecule has 2 aromatic carbocycles. The molecule has 0 aliphatic carbocycles. The summed E-state index contributed by atoms with van der Waals surface area (Å²) in [5.74, 6) is -0.578. The lowest BCUT2D eigenvalue weighted by atomic mass is 10.1. The molecule has 0 spiro atoms. The quantitative estimate of drug-likeness (QED) is 0.480. The maximum atomic E-state index is 12.0. The fourth-order valence-corrected chi connectivity index (χ4v) is 3.06. The molecule has 0 heterocycles. The van der Waals surface area contributed by atoms with Crippen molar-refractivity contribution in [3.05, 3.63) is 69.8 Å². The summed E-state index contributed by atoms with van der Waals surface area (Å²) >= 11 is 0. The maximum Gasteiger partial charge on any atom is 0.338 e. The van der Waals surface area contributed by atoms with Crippen LogP contribution in [0.15, 0.2) is 36.4 Å². The molecule has 0 aliphatic heterocycles. The number of aryl methyl sites for hydroxylation is 4. The fraction of sp³-hybridized carbons (Fsp3) is 0.391. The van der Waals surface area contributed by atoms with Gasteiger partial charge in [-0.3, -0.25) is 0 Å². The highest BCUT2D eigenvalue weighted by molar-refractivity contribution is 5.90. The van der Waals surface area contributed by atoms with Crippen LogP contribution in [-0.2, 0) is 9.47 Å². The standard InChI is InChI=1S/C23H28O4/c1-16-10-17(2)13-20(12-16)22(24)26-8-6-5-7-9-27-23(25)21-14-18(3)11-19(4)15-21/h10-15H,5-9H2,1-4H3. The van der Waals surface area contributed by atoms with Crippen LogP contribution in [0.2, 0.25) is 0 Å². The van der Waals surface area contributed by atoms with Crippen molar-refractivity contribution < 1.29 is 19.1 Å². The molecular weight excluding hydrogens is 340 g/mol. The van der Waals surface area contributed by atoms with Crippen LogP contribution in [0.1, 0.15) is 62.2 Å². The second-order valence-corrected chi connectivity index (χ2v) is 7.09. The number of carbonyl (C=O) groups excluding carboxylic acids is 2. The Labute approximate surface area is 161 Å². The van der Waals surface area contributed by atoms with Crippen LogP contribution in [0.25, 0.3) is 0 Å². The molecule has 27 heavy (non-hydrogen) atoms. The van der Waals surface area contributed by atoms with Gasteiger partial charge in [0.25, 0.3) is 0 Å². The molecule has 0 radical (unpaired) electrons.